The lowest BCUT2D eigenvalue weighted by Crippen LogP contribution is -2.48. The lowest BCUT2D eigenvalue weighted by Gasteiger charge is -2.33. The molecule has 0 saturated carbocycles. The monoisotopic (exact) mass is 491 g/mol. The predicted molar refractivity (Wildman–Crippen MR) is 116 cm³/mol. The van der Waals surface area contributed by atoms with Crippen molar-refractivity contribution in [2.24, 2.45) is 0 Å². The van der Waals surface area contributed by atoms with E-state index in [1.807, 2.05) is 4.90 Å². The van der Waals surface area contributed by atoms with Crippen molar-refractivity contribution in [3.05, 3.63) is 53.3 Å². The summed E-state index contributed by atoms with van der Waals surface area (Å²) in [5.41, 5.74) is 2.31. The Kier molecular flexibility index (Phi) is 5.60. The Balaban J connectivity index is 1.21. The third kappa shape index (κ3) is 4.67. The van der Waals surface area contributed by atoms with Gasteiger partial charge < -0.3 is 14.2 Å². The smallest absolute Gasteiger partial charge is 0.408 e. The van der Waals surface area contributed by atoms with Crippen LogP contribution in [0.5, 0.6) is 0 Å². The van der Waals surface area contributed by atoms with Gasteiger partial charge in [0, 0.05) is 37.3 Å². The van der Waals surface area contributed by atoms with Crippen LogP contribution in [0.25, 0.3) is 22.5 Å². The zero-order valence-corrected chi connectivity index (χ0v) is 18.3. The Hall–Kier alpha value is -3.67. The maximum atomic E-state index is 12.9. The van der Waals surface area contributed by atoms with E-state index in [-0.39, 0.29) is 5.91 Å². The van der Waals surface area contributed by atoms with Gasteiger partial charge in [-0.3, -0.25) is 4.79 Å². The Bertz CT molecular complexity index is 1330. The number of pyridine rings is 1. The van der Waals surface area contributed by atoms with Crippen molar-refractivity contribution in [3.63, 3.8) is 0 Å². The molecule has 0 unspecified atom stereocenters. The highest BCUT2D eigenvalue weighted by molar-refractivity contribution is 6.29. The molecule has 34 heavy (non-hydrogen) atoms. The fourth-order valence-electron chi connectivity index (χ4n) is 3.68. The molecule has 176 valence electrons. The van der Waals surface area contributed by atoms with E-state index in [1.54, 1.807) is 41.3 Å². The SMILES string of the molecule is O=C(c1ccc(-c2cn(CC(F)(F)F)nn2)cc1)N1CCN(c2nc3nc(Cl)ccc3o2)CC1. The number of oxazole rings is 1. The summed E-state index contributed by atoms with van der Waals surface area (Å²) in [5, 5.41) is 7.61. The molecular formula is C21H17ClF3N7O2. The first kappa shape index (κ1) is 22.1. The quantitative estimate of drug-likeness (QED) is 0.402. The van der Waals surface area contributed by atoms with Crippen molar-refractivity contribution in [3.8, 4) is 11.3 Å². The lowest BCUT2D eigenvalue weighted by molar-refractivity contribution is -0.142. The van der Waals surface area contributed by atoms with Crippen molar-refractivity contribution in [1.29, 1.82) is 0 Å². The number of amides is 1. The molecule has 5 rings (SSSR count). The molecule has 0 radical (unpaired) electrons. The minimum Gasteiger partial charge on any atom is -0.422 e. The Morgan fingerprint density at radius 2 is 1.76 bits per heavy atom. The number of anilines is 1. The molecule has 4 aromatic rings. The van der Waals surface area contributed by atoms with Gasteiger partial charge in [0.1, 0.15) is 17.4 Å². The summed E-state index contributed by atoms with van der Waals surface area (Å²) in [6, 6.07) is 10.3. The molecular weight excluding hydrogens is 475 g/mol. The molecule has 0 spiro atoms. The van der Waals surface area contributed by atoms with Gasteiger partial charge in [0.2, 0.25) is 5.65 Å². The Morgan fingerprint density at radius 1 is 1.03 bits per heavy atom. The third-order valence-corrected chi connectivity index (χ3v) is 5.56. The van der Waals surface area contributed by atoms with E-state index < -0.39 is 12.7 Å². The third-order valence-electron chi connectivity index (χ3n) is 5.35. The van der Waals surface area contributed by atoms with Gasteiger partial charge >= 0.3 is 6.18 Å². The first-order valence-electron chi connectivity index (χ1n) is 10.3. The summed E-state index contributed by atoms with van der Waals surface area (Å²) >= 11 is 5.90. The van der Waals surface area contributed by atoms with Gasteiger partial charge in [-0.05, 0) is 24.3 Å². The van der Waals surface area contributed by atoms with Gasteiger partial charge in [-0.1, -0.05) is 28.9 Å². The van der Waals surface area contributed by atoms with Crippen LogP contribution >= 0.6 is 11.6 Å². The number of hydrogen-bond acceptors (Lipinski definition) is 7. The van der Waals surface area contributed by atoms with Crippen molar-refractivity contribution in [2.75, 3.05) is 31.1 Å². The number of alkyl halides is 3. The van der Waals surface area contributed by atoms with E-state index in [2.05, 4.69) is 20.3 Å². The molecule has 0 N–H and O–H groups in total. The van der Waals surface area contributed by atoms with E-state index in [0.29, 0.717) is 65.4 Å². The van der Waals surface area contributed by atoms with Crippen LogP contribution in [0.2, 0.25) is 5.15 Å². The van der Waals surface area contributed by atoms with Gasteiger partial charge in [-0.2, -0.15) is 18.2 Å². The molecule has 3 aromatic heterocycles. The van der Waals surface area contributed by atoms with Crippen molar-refractivity contribution < 1.29 is 22.4 Å². The Labute approximate surface area is 195 Å². The predicted octanol–water partition coefficient (Wildman–Crippen LogP) is 3.66. The van der Waals surface area contributed by atoms with Crippen LogP contribution < -0.4 is 4.90 Å². The van der Waals surface area contributed by atoms with Crippen LogP contribution in [-0.2, 0) is 6.54 Å². The van der Waals surface area contributed by atoms with E-state index in [9.17, 15) is 18.0 Å². The summed E-state index contributed by atoms with van der Waals surface area (Å²) in [7, 11) is 0. The topological polar surface area (TPSA) is 93.2 Å². The summed E-state index contributed by atoms with van der Waals surface area (Å²) in [4.78, 5) is 25.1. The van der Waals surface area contributed by atoms with E-state index >= 15 is 0 Å². The number of piperazine rings is 1. The molecule has 4 heterocycles. The Morgan fingerprint density at radius 3 is 2.47 bits per heavy atom. The molecule has 1 aliphatic rings. The second kappa shape index (κ2) is 8.60. The fraction of sp³-hybridized carbons (Fsp3) is 0.286. The molecule has 0 bridgehead atoms. The normalized spacial score (nSPS) is 14.7. The zero-order chi connectivity index (χ0) is 23.9. The van der Waals surface area contributed by atoms with Crippen LogP contribution in [-0.4, -0.2) is 68.1 Å². The van der Waals surface area contributed by atoms with Crippen molar-refractivity contribution in [1.82, 2.24) is 29.9 Å². The minimum absolute atomic E-state index is 0.141. The van der Waals surface area contributed by atoms with E-state index in [0.717, 1.165) is 4.68 Å². The van der Waals surface area contributed by atoms with Gasteiger partial charge in [-0.25, -0.2) is 9.67 Å². The van der Waals surface area contributed by atoms with Crippen LogP contribution in [0.15, 0.2) is 47.0 Å². The second-order valence-electron chi connectivity index (χ2n) is 7.73. The maximum absolute atomic E-state index is 12.9. The lowest BCUT2D eigenvalue weighted by atomic mass is 10.1. The van der Waals surface area contributed by atoms with Crippen molar-refractivity contribution >= 4 is 34.8 Å². The second-order valence-corrected chi connectivity index (χ2v) is 8.11. The highest BCUT2D eigenvalue weighted by Crippen LogP contribution is 2.24. The zero-order valence-electron chi connectivity index (χ0n) is 17.5. The van der Waals surface area contributed by atoms with E-state index in [4.69, 9.17) is 16.0 Å². The van der Waals surface area contributed by atoms with Crippen LogP contribution in [0, 0.1) is 0 Å². The fourth-order valence-corrected chi connectivity index (χ4v) is 3.82. The van der Waals surface area contributed by atoms with Gasteiger partial charge in [0.25, 0.3) is 11.9 Å². The average molecular weight is 492 g/mol. The van der Waals surface area contributed by atoms with E-state index in [1.165, 1.54) is 6.20 Å². The molecule has 0 atom stereocenters. The standard InChI is InChI=1S/C21H17ClF3N7O2/c22-17-6-5-16-18(26-17)27-20(34-16)31-9-7-30(8-10-31)19(33)14-3-1-13(2-4-14)15-11-32(29-28-15)12-21(23,24)25/h1-6,11H,7-10,12H2. The number of carbonyl (C=O) groups is 1. The average Bonchev–Trinajstić information content (AvgIpc) is 3.44. The molecule has 13 heteroatoms. The van der Waals surface area contributed by atoms with Crippen molar-refractivity contribution in [2.45, 2.75) is 12.7 Å². The first-order valence-corrected chi connectivity index (χ1v) is 10.7. The number of halogens is 4. The molecule has 9 nitrogen and oxygen atoms in total. The van der Waals surface area contributed by atoms with Gasteiger partial charge in [-0.15, -0.1) is 5.10 Å². The number of nitrogens with zero attached hydrogens (tertiary/aromatic N) is 7. The van der Waals surface area contributed by atoms with Gasteiger partial charge in [0.05, 0.1) is 6.20 Å². The molecule has 1 aliphatic heterocycles. The highest BCUT2D eigenvalue weighted by atomic mass is 35.5. The summed E-state index contributed by atoms with van der Waals surface area (Å²) in [6.45, 7) is 0.800. The molecule has 1 saturated heterocycles. The number of rotatable bonds is 4. The number of aromatic nitrogens is 5. The first-order chi connectivity index (χ1) is 16.2. The number of fused-ring (bicyclic) bond motifs is 1. The maximum Gasteiger partial charge on any atom is 0.408 e. The highest BCUT2D eigenvalue weighted by Gasteiger charge is 2.29. The minimum atomic E-state index is -4.38. The number of carbonyl (C=O) groups excluding carboxylic acids is 1. The molecule has 1 aromatic carbocycles. The van der Waals surface area contributed by atoms with Gasteiger partial charge in [0.15, 0.2) is 5.58 Å². The van der Waals surface area contributed by atoms with Crippen LogP contribution in [0.1, 0.15) is 10.4 Å². The largest absolute Gasteiger partial charge is 0.422 e. The molecule has 1 fully saturated rings. The number of hydrogen-bond donors (Lipinski definition) is 0. The molecule has 1 amide bonds. The molecule has 0 aliphatic carbocycles. The summed E-state index contributed by atoms with van der Waals surface area (Å²) in [5.74, 6) is -0.141. The summed E-state index contributed by atoms with van der Waals surface area (Å²) in [6.07, 6.45) is -3.16. The number of benzene rings is 1. The van der Waals surface area contributed by atoms with Crippen LogP contribution in [0.3, 0.4) is 0 Å². The van der Waals surface area contributed by atoms with Crippen LogP contribution in [0.4, 0.5) is 19.2 Å². The summed E-state index contributed by atoms with van der Waals surface area (Å²) < 4.78 is 44.0.